The molecule has 1 fully saturated rings. The van der Waals surface area contributed by atoms with E-state index in [0.717, 1.165) is 16.7 Å². The smallest absolute Gasteiger partial charge is 0.314 e. The number of nitrogens with one attached hydrogen (secondary N) is 2. The van der Waals surface area contributed by atoms with Crippen LogP contribution >= 0.6 is 11.6 Å². The molecule has 1 aromatic heterocycles. The molecule has 1 aliphatic carbocycles. The van der Waals surface area contributed by atoms with Crippen molar-refractivity contribution in [2.45, 2.75) is 38.6 Å². The van der Waals surface area contributed by atoms with Crippen molar-refractivity contribution >= 4 is 23.5 Å². The molecular formula is C26H29ClN4O4. The standard InChI is InChI=1S/C26H29ClN4O4/c1-3-34-17-25(24(33)35-4-2)15-26(16-25,29-23(32)22-14-28-31-30-22)13-18-8-10-19(11-9-18)20-6-5-7-21(27)12-20/h5-12,14H,3-4,13,15-17H2,1-2H3,(H,29,32)(H,28,30,31). The van der Waals surface area contributed by atoms with E-state index in [1.54, 1.807) is 6.92 Å². The fourth-order valence-corrected chi connectivity index (χ4v) is 5.07. The normalized spacial score (nSPS) is 21.2. The molecule has 1 aliphatic rings. The van der Waals surface area contributed by atoms with E-state index < -0.39 is 11.0 Å². The highest BCUT2D eigenvalue weighted by molar-refractivity contribution is 6.30. The third-order valence-electron chi connectivity index (χ3n) is 6.33. The Balaban J connectivity index is 1.58. The molecule has 0 bridgehead atoms. The Morgan fingerprint density at radius 1 is 1.09 bits per heavy atom. The van der Waals surface area contributed by atoms with E-state index in [-0.39, 0.29) is 30.8 Å². The number of H-pyrrole nitrogens is 1. The number of benzene rings is 2. The molecule has 0 spiro atoms. The number of carbonyl (C=O) groups excluding carboxylic acids is 2. The van der Waals surface area contributed by atoms with Crippen molar-refractivity contribution in [3.8, 4) is 11.1 Å². The molecule has 3 aromatic rings. The molecular weight excluding hydrogens is 468 g/mol. The summed E-state index contributed by atoms with van der Waals surface area (Å²) in [5.41, 5.74) is 1.84. The molecule has 0 radical (unpaired) electrons. The van der Waals surface area contributed by atoms with Crippen molar-refractivity contribution in [1.29, 1.82) is 0 Å². The Labute approximate surface area is 209 Å². The zero-order valence-corrected chi connectivity index (χ0v) is 20.6. The number of carbonyl (C=O) groups is 2. The van der Waals surface area contributed by atoms with E-state index in [1.807, 2.05) is 55.5 Å². The van der Waals surface area contributed by atoms with E-state index >= 15 is 0 Å². The summed E-state index contributed by atoms with van der Waals surface area (Å²) in [7, 11) is 0. The lowest BCUT2D eigenvalue weighted by Crippen LogP contribution is -2.67. The fraction of sp³-hybridized carbons (Fsp3) is 0.385. The van der Waals surface area contributed by atoms with Gasteiger partial charge in [0.1, 0.15) is 0 Å². The van der Waals surface area contributed by atoms with Crippen LogP contribution in [0, 0.1) is 5.41 Å². The number of nitrogens with zero attached hydrogens (tertiary/aromatic N) is 2. The van der Waals surface area contributed by atoms with Crippen LogP contribution in [0.25, 0.3) is 11.1 Å². The highest BCUT2D eigenvalue weighted by Crippen LogP contribution is 2.51. The van der Waals surface area contributed by atoms with Gasteiger partial charge in [0, 0.05) is 17.2 Å². The van der Waals surface area contributed by atoms with Crippen LogP contribution in [0.5, 0.6) is 0 Å². The quantitative estimate of drug-likeness (QED) is 0.407. The number of hydrogen-bond acceptors (Lipinski definition) is 6. The minimum atomic E-state index is -0.802. The van der Waals surface area contributed by atoms with Crippen LogP contribution in [-0.4, -0.2) is 52.6 Å². The predicted molar refractivity (Wildman–Crippen MR) is 132 cm³/mol. The second kappa shape index (κ2) is 10.6. The minimum absolute atomic E-state index is 0.194. The summed E-state index contributed by atoms with van der Waals surface area (Å²) in [6.45, 7) is 4.70. The zero-order chi connectivity index (χ0) is 24.9. The summed E-state index contributed by atoms with van der Waals surface area (Å²) < 4.78 is 11.0. The first-order valence-corrected chi connectivity index (χ1v) is 12.0. The maximum atomic E-state index is 12.9. The number of aromatic nitrogens is 3. The average molecular weight is 497 g/mol. The third-order valence-corrected chi connectivity index (χ3v) is 6.56. The molecule has 0 saturated heterocycles. The highest BCUT2D eigenvalue weighted by Gasteiger charge is 2.60. The first kappa shape index (κ1) is 24.9. The van der Waals surface area contributed by atoms with Gasteiger partial charge in [-0.25, -0.2) is 0 Å². The molecule has 1 heterocycles. The molecule has 0 atom stereocenters. The maximum absolute atomic E-state index is 12.9. The largest absolute Gasteiger partial charge is 0.465 e. The van der Waals surface area contributed by atoms with E-state index in [4.69, 9.17) is 21.1 Å². The zero-order valence-electron chi connectivity index (χ0n) is 19.8. The van der Waals surface area contributed by atoms with Crippen LogP contribution in [0.4, 0.5) is 0 Å². The molecule has 1 saturated carbocycles. The maximum Gasteiger partial charge on any atom is 0.314 e. The van der Waals surface area contributed by atoms with E-state index in [0.29, 0.717) is 30.9 Å². The van der Waals surface area contributed by atoms with Gasteiger partial charge >= 0.3 is 5.97 Å². The van der Waals surface area contributed by atoms with Gasteiger partial charge < -0.3 is 14.8 Å². The van der Waals surface area contributed by atoms with Crippen molar-refractivity contribution in [1.82, 2.24) is 20.7 Å². The molecule has 2 N–H and O–H groups in total. The number of hydrogen-bond donors (Lipinski definition) is 2. The summed E-state index contributed by atoms with van der Waals surface area (Å²) >= 11 is 6.14. The second-order valence-electron chi connectivity index (χ2n) is 8.97. The summed E-state index contributed by atoms with van der Waals surface area (Å²) in [6.07, 6.45) is 2.72. The molecule has 184 valence electrons. The van der Waals surface area contributed by atoms with Gasteiger partial charge in [-0.15, -0.1) is 0 Å². The molecule has 0 aliphatic heterocycles. The first-order chi connectivity index (χ1) is 16.9. The lowest BCUT2D eigenvalue weighted by molar-refractivity contribution is -0.174. The topological polar surface area (TPSA) is 106 Å². The van der Waals surface area contributed by atoms with Gasteiger partial charge in [-0.3, -0.25) is 9.59 Å². The van der Waals surface area contributed by atoms with E-state index in [9.17, 15) is 9.59 Å². The molecule has 35 heavy (non-hydrogen) atoms. The van der Waals surface area contributed by atoms with Crippen molar-refractivity contribution in [3.63, 3.8) is 0 Å². The molecule has 0 unspecified atom stereocenters. The van der Waals surface area contributed by atoms with E-state index in [1.165, 1.54) is 6.20 Å². The predicted octanol–water partition coefficient (Wildman–Crippen LogP) is 4.22. The van der Waals surface area contributed by atoms with Crippen molar-refractivity contribution < 1.29 is 19.1 Å². The fourth-order valence-electron chi connectivity index (χ4n) is 4.88. The number of rotatable bonds is 10. The van der Waals surface area contributed by atoms with Crippen LogP contribution in [0.1, 0.15) is 42.7 Å². The van der Waals surface area contributed by atoms with Gasteiger partial charge in [-0.2, -0.15) is 15.4 Å². The molecule has 2 aromatic carbocycles. The van der Waals surface area contributed by atoms with Gasteiger partial charge in [0.15, 0.2) is 5.69 Å². The molecule has 8 nitrogen and oxygen atoms in total. The van der Waals surface area contributed by atoms with Gasteiger partial charge in [0.2, 0.25) is 0 Å². The van der Waals surface area contributed by atoms with Gasteiger partial charge in [-0.1, -0.05) is 48.0 Å². The first-order valence-electron chi connectivity index (χ1n) is 11.7. The van der Waals surface area contributed by atoms with Crippen molar-refractivity contribution in [3.05, 3.63) is 71.0 Å². The number of ether oxygens (including phenoxy) is 2. The number of esters is 1. The Morgan fingerprint density at radius 3 is 2.49 bits per heavy atom. The second-order valence-corrected chi connectivity index (χ2v) is 9.40. The van der Waals surface area contributed by atoms with Gasteiger partial charge in [0.25, 0.3) is 5.91 Å². The summed E-state index contributed by atoms with van der Waals surface area (Å²) in [4.78, 5) is 25.8. The molecule has 1 amide bonds. The number of amides is 1. The highest BCUT2D eigenvalue weighted by atomic mass is 35.5. The summed E-state index contributed by atoms with van der Waals surface area (Å²) in [5, 5.41) is 13.9. The Bertz CT molecular complexity index is 1160. The monoisotopic (exact) mass is 496 g/mol. The Kier molecular flexibility index (Phi) is 7.52. The van der Waals surface area contributed by atoms with Gasteiger partial charge in [-0.05, 0) is 61.9 Å². The SMILES string of the molecule is CCOCC1(C(=O)OCC)CC(Cc2ccc(-c3cccc(Cl)c3)cc2)(NC(=O)c2cn[nH]n2)C1. The molecule has 9 heteroatoms. The van der Waals surface area contributed by atoms with Crippen LogP contribution < -0.4 is 5.32 Å². The van der Waals surface area contributed by atoms with Crippen molar-refractivity contribution in [2.24, 2.45) is 5.41 Å². The lowest BCUT2D eigenvalue weighted by Gasteiger charge is -2.54. The lowest BCUT2D eigenvalue weighted by atomic mass is 9.55. The van der Waals surface area contributed by atoms with Crippen LogP contribution in [0.3, 0.4) is 0 Å². The van der Waals surface area contributed by atoms with Crippen LogP contribution in [0.2, 0.25) is 5.02 Å². The third kappa shape index (κ3) is 5.55. The summed E-state index contributed by atoms with van der Waals surface area (Å²) in [5.74, 6) is -0.640. The average Bonchev–Trinajstić information content (AvgIpc) is 3.37. The van der Waals surface area contributed by atoms with Crippen LogP contribution in [-0.2, 0) is 20.7 Å². The minimum Gasteiger partial charge on any atom is -0.465 e. The summed E-state index contributed by atoms with van der Waals surface area (Å²) in [6, 6.07) is 15.8. The van der Waals surface area contributed by atoms with E-state index in [2.05, 4.69) is 20.7 Å². The number of aromatic amines is 1. The van der Waals surface area contributed by atoms with Gasteiger partial charge in [0.05, 0.1) is 24.8 Å². The number of halogens is 1. The molecule has 4 rings (SSSR count). The van der Waals surface area contributed by atoms with Crippen LogP contribution in [0.15, 0.2) is 54.7 Å². The van der Waals surface area contributed by atoms with Crippen molar-refractivity contribution in [2.75, 3.05) is 19.8 Å². The Hall–Kier alpha value is -3.23. The Morgan fingerprint density at radius 2 is 1.86 bits per heavy atom.